The predicted octanol–water partition coefficient (Wildman–Crippen LogP) is 3.21. The minimum absolute atomic E-state index is 0.0856. The molecule has 2 N–H and O–H groups in total. The lowest BCUT2D eigenvalue weighted by Gasteiger charge is -2.24. The van der Waals surface area contributed by atoms with Crippen LogP contribution in [0.1, 0.15) is 45.9 Å². The molecule has 1 atom stereocenters. The molecular weight excluding hydrogens is 564 g/mol. The summed E-state index contributed by atoms with van der Waals surface area (Å²) in [4.78, 5) is 46.0. The van der Waals surface area contributed by atoms with Gasteiger partial charge in [0, 0.05) is 29.8 Å². The van der Waals surface area contributed by atoms with E-state index in [-0.39, 0.29) is 44.2 Å². The maximum absolute atomic E-state index is 13.6. The molecule has 0 spiro atoms. The van der Waals surface area contributed by atoms with Crippen LogP contribution in [0.4, 0.5) is 0 Å². The largest absolute Gasteiger partial charge is 0.492 e. The van der Waals surface area contributed by atoms with Crippen LogP contribution in [0.25, 0.3) is 11.4 Å². The number of hydrogen-bond donors (Lipinski definition) is 2. The van der Waals surface area contributed by atoms with E-state index in [1.54, 1.807) is 47.1 Å². The average molecular weight is 597 g/mol. The summed E-state index contributed by atoms with van der Waals surface area (Å²) in [6.07, 6.45) is 0.426. The maximum atomic E-state index is 13.6. The lowest BCUT2D eigenvalue weighted by Crippen LogP contribution is -2.43. The van der Waals surface area contributed by atoms with E-state index in [4.69, 9.17) is 24.3 Å². The zero-order valence-corrected chi connectivity index (χ0v) is 24.2. The van der Waals surface area contributed by atoms with Crippen molar-refractivity contribution in [1.82, 2.24) is 30.3 Å². The van der Waals surface area contributed by atoms with Gasteiger partial charge in [-0.15, -0.1) is 0 Å². The zero-order valence-electron chi connectivity index (χ0n) is 24.2. The second kappa shape index (κ2) is 12.9. The van der Waals surface area contributed by atoms with Crippen LogP contribution in [0.5, 0.6) is 17.2 Å². The fraction of sp³-hybridized carbons (Fsp3) is 0.281. The molecule has 12 heteroatoms. The first-order chi connectivity index (χ1) is 21.4. The van der Waals surface area contributed by atoms with Gasteiger partial charge in [0.2, 0.25) is 12.7 Å². The fourth-order valence-corrected chi connectivity index (χ4v) is 5.09. The topological polar surface area (TPSA) is 137 Å². The third-order valence-electron chi connectivity index (χ3n) is 7.30. The van der Waals surface area contributed by atoms with Crippen LogP contribution >= 0.6 is 0 Å². The van der Waals surface area contributed by atoms with Crippen LogP contribution in [0.15, 0.2) is 72.8 Å². The minimum Gasteiger partial charge on any atom is -0.492 e. The molecule has 0 saturated heterocycles. The summed E-state index contributed by atoms with van der Waals surface area (Å²) in [5.74, 6) is 1.68. The number of nitrogens with zero attached hydrogens (tertiary/aromatic N) is 4. The van der Waals surface area contributed by atoms with Crippen LogP contribution in [0.3, 0.4) is 0 Å². The summed E-state index contributed by atoms with van der Waals surface area (Å²) >= 11 is 0. The van der Waals surface area contributed by atoms with Crippen LogP contribution in [0, 0.1) is 0 Å². The van der Waals surface area contributed by atoms with Crippen molar-refractivity contribution in [3.63, 3.8) is 0 Å². The summed E-state index contributed by atoms with van der Waals surface area (Å²) < 4.78 is 18.5. The lowest BCUT2D eigenvalue weighted by atomic mass is 10.1. The fourth-order valence-electron chi connectivity index (χ4n) is 5.09. The van der Waals surface area contributed by atoms with Crippen LogP contribution in [0.2, 0.25) is 0 Å². The highest BCUT2D eigenvalue weighted by atomic mass is 16.7. The molecule has 2 bridgehead atoms. The molecule has 226 valence electrons. The first-order valence-corrected chi connectivity index (χ1v) is 14.4. The Bertz CT molecular complexity index is 1670. The van der Waals surface area contributed by atoms with Gasteiger partial charge in [-0.2, -0.15) is 5.10 Å². The Morgan fingerprint density at radius 1 is 0.909 bits per heavy atom. The van der Waals surface area contributed by atoms with E-state index in [0.29, 0.717) is 59.5 Å². The molecule has 3 amide bonds. The molecular formula is C32H32N6O6. The van der Waals surface area contributed by atoms with Crippen molar-refractivity contribution < 1.29 is 28.6 Å². The molecule has 3 heterocycles. The monoisotopic (exact) mass is 596 g/mol. The highest BCUT2D eigenvalue weighted by Crippen LogP contribution is 2.33. The molecule has 12 nitrogen and oxygen atoms in total. The van der Waals surface area contributed by atoms with Crippen LogP contribution in [-0.2, 0) is 11.3 Å². The van der Waals surface area contributed by atoms with Crippen molar-refractivity contribution in [1.29, 1.82) is 0 Å². The first-order valence-electron chi connectivity index (χ1n) is 14.4. The average Bonchev–Trinajstić information content (AvgIpc) is 3.69. The second-order valence-corrected chi connectivity index (χ2v) is 10.5. The van der Waals surface area contributed by atoms with Gasteiger partial charge in [-0.3, -0.25) is 14.4 Å². The number of benzene rings is 3. The Morgan fingerprint density at radius 2 is 1.73 bits per heavy atom. The van der Waals surface area contributed by atoms with Gasteiger partial charge in [0.05, 0.1) is 19.1 Å². The van der Waals surface area contributed by atoms with Crippen molar-refractivity contribution >= 4 is 17.7 Å². The summed E-state index contributed by atoms with van der Waals surface area (Å²) in [5.41, 5.74) is 1.66. The number of carbonyl (C=O) groups excluding carboxylic acids is 3. The van der Waals surface area contributed by atoms with Crippen molar-refractivity contribution in [3.8, 4) is 28.6 Å². The summed E-state index contributed by atoms with van der Waals surface area (Å²) in [6.45, 7) is 2.85. The number of aromatic nitrogens is 3. The van der Waals surface area contributed by atoms with E-state index in [1.165, 1.54) is 4.90 Å². The Balaban J connectivity index is 1.28. The predicted molar refractivity (Wildman–Crippen MR) is 159 cm³/mol. The van der Waals surface area contributed by atoms with Gasteiger partial charge in [-0.1, -0.05) is 36.4 Å². The molecule has 44 heavy (non-hydrogen) atoms. The van der Waals surface area contributed by atoms with Gasteiger partial charge in [0.15, 0.2) is 17.3 Å². The first kappa shape index (κ1) is 28.7. The summed E-state index contributed by atoms with van der Waals surface area (Å²) in [5, 5.41) is 10.6. The summed E-state index contributed by atoms with van der Waals surface area (Å²) in [6, 6.07) is 20.9. The Hall–Kier alpha value is -5.39. The lowest BCUT2D eigenvalue weighted by molar-refractivity contribution is -0.122. The molecule has 4 aromatic rings. The smallest absolute Gasteiger partial charge is 0.254 e. The van der Waals surface area contributed by atoms with E-state index in [1.807, 2.05) is 37.3 Å². The van der Waals surface area contributed by atoms with Crippen LogP contribution in [-0.4, -0.2) is 70.4 Å². The van der Waals surface area contributed by atoms with Gasteiger partial charge in [-0.05, 0) is 49.7 Å². The Kier molecular flexibility index (Phi) is 8.39. The van der Waals surface area contributed by atoms with Crippen molar-refractivity contribution in [2.45, 2.75) is 25.9 Å². The molecule has 0 fully saturated rings. The standard InChI is InChI=1S/C32H32N6O6/c1-21-30-35-29(22-7-3-2-4-8-22)36-38(30)15-16-42-25-10-5-9-23(17-25)31(40)33-13-6-14-37(19-28(39)34-21)32(41)24-11-12-26-27(18-24)44-20-43-26/h2-5,7-12,17-18,21H,6,13-16,19-20H2,1H3,(H,33,40)(H,34,39)/t21-/m0/s1. The second-order valence-electron chi connectivity index (χ2n) is 10.5. The third kappa shape index (κ3) is 6.48. The number of ether oxygens (including phenoxy) is 3. The van der Waals surface area contributed by atoms with E-state index in [9.17, 15) is 14.4 Å². The van der Waals surface area contributed by atoms with Crippen LogP contribution < -0.4 is 24.8 Å². The normalized spacial score (nSPS) is 17.4. The Morgan fingerprint density at radius 3 is 2.59 bits per heavy atom. The van der Waals surface area contributed by atoms with Crippen molar-refractivity contribution in [2.24, 2.45) is 0 Å². The number of carbonyl (C=O) groups is 3. The number of rotatable bonds is 2. The minimum atomic E-state index is -0.517. The van der Waals surface area contributed by atoms with Gasteiger partial charge < -0.3 is 29.7 Å². The number of amides is 3. The van der Waals surface area contributed by atoms with Crippen molar-refractivity contribution in [2.75, 3.05) is 33.0 Å². The summed E-state index contributed by atoms with van der Waals surface area (Å²) in [7, 11) is 0. The van der Waals surface area contributed by atoms with Gasteiger partial charge in [-0.25, -0.2) is 9.67 Å². The zero-order chi connectivity index (χ0) is 30.5. The van der Waals surface area contributed by atoms with Gasteiger partial charge in [0.25, 0.3) is 11.8 Å². The molecule has 3 aromatic carbocycles. The molecule has 0 aliphatic carbocycles. The molecule has 6 rings (SSSR count). The van der Waals surface area contributed by atoms with E-state index in [2.05, 4.69) is 10.6 Å². The Labute approximate surface area is 253 Å². The highest BCUT2D eigenvalue weighted by Gasteiger charge is 2.25. The number of fused-ring (bicyclic) bond motifs is 4. The number of nitrogens with one attached hydrogen (secondary N) is 2. The SMILES string of the molecule is C[C@@H]1NC(=O)CN(C(=O)c2ccc3c(c2)OCO3)CCCNC(=O)c2cccc(c2)OCCn2nc(-c3ccccc3)nc21. The van der Waals surface area contributed by atoms with Gasteiger partial charge >= 0.3 is 0 Å². The molecule has 0 saturated carbocycles. The van der Waals surface area contributed by atoms with Gasteiger partial charge in [0.1, 0.15) is 18.2 Å². The molecule has 2 aliphatic heterocycles. The van der Waals surface area contributed by atoms with Crippen molar-refractivity contribution in [3.05, 3.63) is 89.7 Å². The number of hydrogen-bond acceptors (Lipinski definition) is 8. The van der Waals surface area contributed by atoms with E-state index in [0.717, 1.165) is 5.56 Å². The maximum Gasteiger partial charge on any atom is 0.254 e. The van der Waals surface area contributed by atoms with E-state index < -0.39 is 6.04 Å². The quantitative estimate of drug-likeness (QED) is 0.360. The molecule has 2 aliphatic rings. The molecule has 0 unspecified atom stereocenters. The molecule has 1 aromatic heterocycles. The highest BCUT2D eigenvalue weighted by molar-refractivity contribution is 5.97. The molecule has 0 radical (unpaired) electrons. The third-order valence-corrected chi connectivity index (χ3v) is 7.30. The van der Waals surface area contributed by atoms with E-state index >= 15 is 0 Å².